The average Bonchev–Trinajstić information content (AvgIpc) is 2.37. The smallest absolute Gasteiger partial charge is 0.230 e. The van der Waals surface area contributed by atoms with Gasteiger partial charge in [0.2, 0.25) is 5.91 Å². The number of nitrogens with one attached hydrogen (secondary N) is 1. The first-order valence-electron chi connectivity index (χ1n) is 7.15. The van der Waals surface area contributed by atoms with E-state index in [1.165, 1.54) is 11.1 Å². The molecule has 1 aromatic carbocycles. The summed E-state index contributed by atoms with van der Waals surface area (Å²) >= 11 is 5.02. The molecule has 4 heteroatoms. The molecule has 108 valence electrons. The SMILES string of the molecule is CC(C)C(C(=O)NC1CCc2ccccc2C1)C(N)=S. The molecule has 1 aliphatic rings. The van der Waals surface area contributed by atoms with Gasteiger partial charge in [-0.25, -0.2) is 0 Å². The van der Waals surface area contributed by atoms with Crippen LogP contribution in [-0.4, -0.2) is 16.9 Å². The summed E-state index contributed by atoms with van der Waals surface area (Å²) < 4.78 is 0. The van der Waals surface area contributed by atoms with Gasteiger partial charge in [0.1, 0.15) is 0 Å². The number of carbonyl (C=O) groups excluding carboxylic acids is 1. The molecule has 0 saturated carbocycles. The molecule has 3 nitrogen and oxygen atoms in total. The van der Waals surface area contributed by atoms with Gasteiger partial charge in [0.25, 0.3) is 0 Å². The lowest BCUT2D eigenvalue weighted by Gasteiger charge is -2.28. The number of benzene rings is 1. The topological polar surface area (TPSA) is 55.1 Å². The van der Waals surface area contributed by atoms with Crippen molar-refractivity contribution in [3.8, 4) is 0 Å². The van der Waals surface area contributed by atoms with E-state index in [0.29, 0.717) is 0 Å². The zero-order valence-electron chi connectivity index (χ0n) is 12.1. The van der Waals surface area contributed by atoms with Crippen molar-refractivity contribution in [3.05, 3.63) is 35.4 Å². The van der Waals surface area contributed by atoms with Crippen molar-refractivity contribution in [2.75, 3.05) is 0 Å². The van der Waals surface area contributed by atoms with Gasteiger partial charge in [0, 0.05) is 6.04 Å². The Labute approximate surface area is 125 Å². The molecule has 1 amide bonds. The average molecular weight is 290 g/mol. The molecule has 20 heavy (non-hydrogen) atoms. The van der Waals surface area contributed by atoms with Crippen LogP contribution in [0.2, 0.25) is 0 Å². The summed E-state index contributed by atoms with van der Waals surface area (Å²) in [5.74, 6) is -0.276. The van der Waals surface area contributed by atoms with E-state index in [4.69, 9.17) is 18.0 Å². The van der Waals surface area contributed by atoms with Crippen LogP contribution < -0.4 is 11.1 Å². The van der Waals surface area contributed by atoms with Crippen LogP contribution in [0.4, 0.5) is 0 Å². The fraction of sp³-hybridized carbons (Fsp3) is 0.500. The Morgan fingerprint density at radius 1 is 1.35 bits per heavy atom. The summed E-state index contributed by atoms with van der Waals surface area (Å²) in [7, 11) is 0. The van der Waals surface area contributed by atoms with Crippen molar-refractivity contribution in [1.82, 2.24) is 5.32 Å². The Morgan fingerprint density at radius 2 is 2.00 bits per heavy atom. The summed E-state index contributed by atoms with van der Waals surface area (Å²) in [6, 6.07) is 8.61. The minimum atomic E-state index is -0.373. The first-order valence-corrected chi connectivity index (χ1v) is 7.56. The summed E-state index contributed by atoms with van der Waals surface area (Å²) in [6.07, 6.45) is 2.88. The van der Waals surface area contributed by atoms with E-state index in [1.807, 2.05) is 13.8 Å². The predicted molar refractivity (Wildman–Crippen MR) is 85.5 cm³/mol. The molecule has 1 aromatic rings. The molecule has 1 aliphatic carbocycles. The lowest BCUT2D eigenvalue weighted by molar-refractivity contribution is -0.124. The number of rotatable bonds is 4. The Kier molecular flexibility index (Phi) is 4.76. The first-order chi connectivity index (χ1) is 9.49. The van der Waals surface area contributed by atoms with Gasteiger partial charge >= 0.3 is 0 Å². The maximum atomic E-state index is 12.3. The molecule has 0 aromatic heterocycles. The maximum Gasteiger partial charge on any atom is 0.230 e. The number of nitrogens with two attached hydrogens (primary N) is 1. The third-order valence-corrected chi connectivity index (χ3v) is 4.20. The summed E-state index contributed by atoms with van der Waals surface area (Å²) in [4.78, 5) is 12.6. The van der Waals surface area contributed by atoms with Crippen molar-refractivity contribution in [1.29, 1.82) is 0 Å². The highest BCUT2D eigenvalue weighted by Crippen LogP contribution is 2.22. The van der Waals surface area contributed by atoms with E-state index in [0.717, 1.165) is 19.3 Å². The van der Waals surface area contributed by atoms with E-state index >= 15 is 0 Å². The second-order valence-corrected chi connectivity index (χ2v) is 6.31. The van der Waals surface area contributed by atoms with Gasteiger partial charge in [-0.1, -0.05) is 50.3 Å². The zero-order chi connectivity index (χ0) is 14.7. The highest BCUT2D eigenvalue weighted by molar-refractivity contribution is 7.80. The largest absolute Gasteiger partial charge is 0.393 e. The Hall–Kier alpha value is -1.42. The van der Waals surface area contributed by atoms with Crippen LogP contribution in [0.3, 0.4) is 0 Å². The maximum absolute atomic E-state index is 12.3. The molecule has 0 heterocycles. The summed E-state index contributed by atoms with van der Waals surface area (Å²) in [5, 5.41) is 3.12. The quantitative estimate of drug-likeness (QED) is 0.836. The van der Waals surface area contributed by atoms with Gasteiger partial charge in [0.05, 0.1) is 10.9 Å². The molecular formula is C16H22N2OS. The normalized spacial score (nSPS) is 19.2. The van der Waals surface area contributed by atoms with Crippen LogP contribution in [0.1, 0.15) is 31.4 Å². The Balaban J connectivity index is 2.01. The van der Waals surface area contributed by atoms with Gasteiger partial charge in [-0.3, -0.25) is 4.79 Å². The summed E-state index contributed by atoms with van der Waals surface area (Å²) in [5.41, 5.74) is 8.42. The van der Waals surface area contributed by atoms with Crippen LogP contribution in [0.25, 0.3) is 0 Å². The van der Waals surface area contributed by atoms with Crippen molar-refractivity contribution in [2.45, 2.75) is 39.2 Å². The van der Waals surface area contributed by atoms with Crippen LogP contribution in [-0.2, 0) is 17.6 Å². The molecule has 0 radical (unpaired) electrons. The van der Waals surface area contributed by atoms with Crippen LogP contribution in [0, 0.1) is 11.8 Å². The highest BCUT2D eigenvalue weighted by Gasteiger charge is 2.28. The number of thiocarbonyl (C=S) groups is 1. The molecule has 2 unspecified atom stereocenters. The third-order valence-electron chi connectivity index (χ3n) is 3.95. The molecule has 2 rings (SSSR count). The Morgan fingerprint density at radius 3 is 2.60 bits per heavy atom. The fourth-order valence-corrected chi connectivity index (χ4v) is 3.25. The van der Waals surface area contributed by atoms with Gasteiger partial charge in [0.15, 0.2) is 0 Å². The number of hydrogen-bond donors (Lipinski definition) is 2. The molecule has 0 bridgehead atoms. The Bertz CT molecular complexity index is 513. The minimum Gasteiger partial charge on any atom is -0.393 e. The first kappa shape index (κ1) is 15.0. The van der Waals surface area contributed by atoms with Crippen LogP contribution in [0.5, 0.6) is 0 Å². The van der Waals surface area contributed by atoms with E-state index in [2.05, 4.69) is 29.6 Å². The third kappa shape index (κ3) is 3.37. The van der Waals surface area contributed by atoms with E-state index in [1.54, 1.807) is 0 Å². The highest BCUT2D eigenvalue weighted by atomic mass is 32.1. The zero-order valence-corrected chi connectivity index (χ0v) is 12.9. The lowest BCUT2D eigenvalue weighted by atomic mass is 9.87. The van der Waals surface area contributed by atoms with Crippen molar-refractivity contribution < 1.29 is 4.79 Å². The molecule has 3 N–H and O–H groups in total. The van der Waals surface area contributed by atoms with E-state index in [9.17, 15) is 4.79 Å². The monoisotopic (exact) mass is 290 g/mol. The van der Waals surface area contributed by atoms with E-state index < -0.39 is 0 Å². The van der Waals surface area contributed by atoms with Crippen LogP contribution >= 0.6 is 12.2 Å². The van der Waals surface area contributed by atoms with Crippen LogP contribution in [0.15, 0.2) is 24.3 Å². The second-order valence-electron chi connectivity index (χ2n) is 5.84. The van der Waals surface area contributed by atoms with Crippen molar-refractivity contribution in [2.24, 2.45) is 17.6 Å². The fourth-order valence-electron chi connectivity index (χ4n) is 2.87. The molecule has 0 fully saturated rings. The van der Waals surface area contributed by atoms with Gasteiger partial charge in [-0.15, -0.1) is 0 Å². The number of amides is 1. The molecule has 0 spiro atoms. The van der Waals surface area contributed by atoms with Gasteiger partial charge < -0.3 is 11.1 Å². The van der Waals surface area contributed by atoms with Gasteiger partial charge in [-0.2, -0.15) is 0 Å². The summed E-state index contributed by atoms with van der Waals surface area (Å²) in [6.45, 7) is 3.94. The lowest BCUT2D eigenvalue weighted by Crippen LogP contribution is -2.46. The minimum absolute atomic E-state index is 0.0307. The second kappa shape index (κ2) is 6.35. The number of aryl methyl sites for hydroxylation is 1. The number of hydrogen-bond acceptors (Lipinski definition) is 2. The number of carbonyl (C=O) groups is 1. The molecular weight excluding hydrogens is 268 g/mol. The van der Waals surface area contributed by atoms with Crippen molar-refractivity contribution in [3.63, 3.8) is 0 Å². The van der Waals surface area contributed by atoms with Crippen molar-refractivity contribution >= 4 is 23.1 Å². The molecule has 0 aliphatic heterocycles. The standard InChI is InChI=1S/C16H22N2OS/c1-10(2)14(15(17)20)16(19)18-13-8-7-11-5-3-4-6-12(11)9-13/h3-6,10,13-14H,7-9H2,1-2H3,(H2,17,20)(H,18,19). The van der Waals surface area contributed by atoms with Gasteiger partial charge in [-0.05, 0) is 36.3 Å². The number of fused-ring (bicyclic) bond motifs is 1. The molecule has 0 saturated heterocycles. The molecule has 2 atom stereocenters. The predicted octanol–water partition coefficient (Wildman–Crippen LogP) is 2.22. The van der Waals surface area contributed by atoms with E-state index in [-0.39, 0.29) is 28.8 Å².